The van der Waals surface area contributed by atoms with Crippen molar-refractivity contribution in [2.75, 3.05) is 5.73 Å². The summed E-state index contributed by atoms with van der Waals surface area (Å²) in [6.07, 6.45) is 3.10. The van der Waals surface area contributed by atoms with Gasteiger partial charge in [-0.1, -0.05) is 0 Å². The van der Waals surface area contributed by atoms with Crippen LogP contribution in [0.3, 0.4) is 0 Å². The molecule has 0 bridgehead atoms. The average molecular weight is 417 g/mol. The fraction of sp³-hybridized carbons (Fsp3) is 0.0476. The topological polar surface area (TPSA) is 127 Å². The number of aromatic nitrogens is 4. The number of fused-ring (bicyclic) bond motifs is 3. The molecule has 0 aliphatic rings. The van der Waals surface area contributed by atoms with Gasteiger partial charge in [-0.2, -0.15) is 0 Å². The summed E-state index contributed by atoms with van der Waals surface area (Å²) in [6.45, 7) is 0.255. The van der Waals surface area contributed by atoms with Gasteiger partial charge >= 0.3 is 5.97 Å². The number of carbonyl (C=O) groups is 1. The number of hydrogen-bond donors (Lipinski definition) is 3. The van der Waals surface area contributed by atoms with Crippen LogP contribution < -0.4 is 11.3 Å². The zero-order valence-corrected chi connectivity index (χ0v) is 16.3. The van der Waals surface area contributed by atoms with E-state index < -0.39 is 5.97 Å². The lowest BCUT2D eigenvalue weighted by molar-refractivity contribution is 0.0687. The fourth-order valence-electron chi connectivity index (χ4n) is 3.81. The van der Waals surface area contributed by atoms with E-state index in [0.29, 0.717) is 27.8 Å². The Kier molecular flexibility index (Phi) is 4.11. The first-order valence-electron chi connectivity index (χ1n) is 9.05. The third-order valence-corrected chi connectivity index (χ3v) is 5.80. The predicted octanol–water partition coefficient (Wildman–Crippen LogP) is 3.33. The minimum atomic E-state index is -1.13. The molecule has 0 saturated carbocycles. The summed E-state index contributed by atoms with van der Waals surface area (Å²) in [6, 6.07) is 10.6. The second-order valence-electron chi connectivity index (χ2n) is 6.78. The maximum atomic E-state index is 12.6. The van der Waals surface area contributed by atoms with Crippen LogP contribution in [0.5, 0.6) is 0 Å². The number of aromatic amines is 1. The first kappa shape index (κ1) is 18.1. The number of nitrogens with one attached hydrogen (secondary N) is 1. The highest BCUT2D eigenvalue weighted by molar-refractivity contribution is 7.16. The summed E-state index contributed by atoms with van der Waals surface area (Å²) in [4.78, 5) is 36.2. The van der Waals surface area contributed by atoms with E-state index in [4.69, 9.17) is 5.73 Å². The zero-order chi connectivity index (χ0) is 20.8. The lowest BCUT2D eigenvalue weighted by Crippen LogP contribution is -2.13. The summed E-state index contributed by atoms with van der Waals surface area (Å²) in [7, 11) is 0. The monoisotopic (exact) mass is 417 g/mol. The Hall–Kier alpha value is -3.98. The van der Waals surface area contributed by atoms with Crippen LogP contribution in [0.4, 0.5) is 5.82 Å². The number of thiazole rings is 1. The Morgan fingerprint density at radius 3 is 2.87 bits per heavy atom. The van der Waals surface area contributed by atoms with E-state index in [1.807, 2.05) is 12.1 Å². The number of H-pyrrole nitrogens is 1. The van der Waals surface area contributed by atoms with Crippen molar-refractivity contribution in [2.45, 2.75) is 6.54 Å². The minimum Gasteiger partial charge on any atom is -0.477 e. The number of nitrogens with zero attached hydrogens (tertiary/aromatic N) is 3. The van der Waals surface area contributed by atoms with E-state index in [1.54, 1.807) is 40.5 Å². The lowest BCUT2D eigenvalue weighted by atomic mass is 10.0. The number of rotatable bonds is 4. The van der Waals surface area contributed by atoms with Gasteiger partial charge in [0, 0.05) is 29.9 Å². The quantitative estimate of drug-likeness (QED) is 0.412. The van der Waals surface area contributed by atoms with Crippen LogP contribution in [0.2, 0.25) is 0 Å². The Bertz CT molecular complexity index is 1500. The highest BCUT2D eigenvalue weighted by Gasteiger charge is 2.27. The van der Waals surface area contributed by atoms with Gasteiger partial charge in [0.2, 0.25) is 0 Å². The fourth-order valence-corrected chi connectivity index (χ4v) is 4.49. The maximum Gasteiger partial charge on any atom is 0.353 e. The van der Waals surface area contributed by atoms with Crippen molar-refractivity contribution >= 4 is 44.2 Å². The van der Waals surface area contributed by atoms with Crippen molar-refractivity contribution in [2.24, 2.45) is 0 Å². The van der Waals surface area contributed by atoms with Gasteiger partial charge in [-0.05, 0) is 42.0 Å². The Balaban J connectivity index is 1.93. The third-order valence-electron chi connectivity index (χ3n) is 5.00. The van der Waals surface area contributed by atoms with Crippen LogP contribution in [0, 0.1) is 0 Å². The second-order valence-corrected chi connectivity index (χ2v) is 7.66. The van der Waals surface area contributed by atoms with Gasteiger partial charge in [-0.15, -0.1) is 11.3 Å². The largest absolute Gasteiger partial charge is 0.477 e. The molecule has 0 amide bonds. The van der Waals surface area contributed by atoms with Gasteiger partial charge < -0.3 is 20.4 Å². The van der Waals surface area contributed by atoms with Gasteiger partial charge in [0.05, 0.1) is 26.8 Å². The van der Waals surface area contributed by atoms with Crippen LogP contribution in [0.15, 0.2) is 59.1 Å². The van der Waals surface area contributed by atoms with E-state index in [1.165, 1.54) is 17.5 Å². The summed E-state index contributed by atoms with van der Waals surface area (Å²) in [5.74, 6) is -0.780. The molecule has 5 rings (SSSR count). The number of hydrogen-bond acceptors (Lipinski definition) is 6. The van der Waals surface area contributed by atoms with Gasteiger partial charge in [0.25, 0.3) is 5.56 Å². The van der Waals surface area contributed by atoms with Crippen molar-refractivity contribution < 1.29 is 9.90 Å². The number of benzene rings is 1. The second kappa shape index (κ2) is 6.82. The van der Waals surface area contributed by atoms with Crippen LogP contribution in [0.1, 0.15) is 16.1 Å². The van der Waals surface area contributed by atoms with E-state index in [0.717, 1.165) is 10.3 Å². The summed E-state index contributed by atoms with van der Waals surface area (Å²) < 4.78 is 2.60. The van der Waals surface area contributed by atoms with E-state index in [-0.39, 0.29) is 23.4 Å². The highest BCUT2D eigenvalue weighted by atomic mass is 32.1. The molecule has 0 atom stereocenters. The number of carboxylic acid groups (broad SMARTS) is 1. The van der Waals surface area contributed by atoms with Gasteiger partial charge in [0.1, 0.15) is 11.5 Å². The number of anilines is 1. The first-order valence-corrected chi connectivity index (χ1v) is 9.92. The zero-order valence-electron chi connectivity index (χ0n) is 15.5. The summed E-state index contributed by atoms with van der Waals surface area (Å²) in [5.41, 5.74) is 9.98. The van der Waals surface area contributed by atoms with E-state index in [9.17, 15) is 14.7 Å². The Labute approximate surface area is 173 Å². The molecular formula is C21H15N5O3S. The highest BCUT2D eigenvalue weighted by Crippen LogP contribution is 2.39. The molecule has 0 aliphatic heterocycles. The first-order chi connectivity index (χ1) is 14.5. The number of aromatic carboxylic acids is 1. The molecule has 4 aromatic heterocycles. The lowest BCUT2D eigenvalue weighted by Gasteiger charge is -2.10. The predicted molar refractivity (Wildman–Crippen MR) is 116 cm³/mol. The maximum absolute atomic E-state index is 12.6. The third kappa shape index (κ3) is 2.75. The van der Waals surface area contributed by atoms with Crippen molar-refractivity contribution in [3.05, 3.63) is 75.9 Å². The Morgan fingerprint density at radius 2 is 2.10 bits per heavy atom. The molecule has 1 aromatic carbocycles. The van der Waals surface area contributed by atoms with Crippen molar-refractivity contribution in [1.82, 2.24) is 19.5 Å². The van der Waals surface area contributed by atoms with Gasteiger partial charge in [-0.25, -0.2) is 14.8 Å². The molecule has 4 N–H and O–H groups in total. The Morgan fingerprint density at radius 1 is 1.23 bits per heavy atom. The molecule has 0 radical (unpaired) electrons. The molecule has 0 unspecified atom stereocenters. The van der Waals surface area contributed by atoms with Crippen LogP contribution in [0.25, 0.3) is 32.2 Å². The standard InChI is InChI=1S/C21H15N5O3S/c22-15-8-11(5-7-23-15)9-26-13-3-4-14-18(25-10-30-14)17(13)16(19(26)21(28)29)12-2-1-6-24-20(12)27/h1-8,10H,9H2,(H2,22,23)(H,24,27)(H,28,29). The molecule has 4 heterocycles. The van der Waals surface area contributed by atoms with Crippen LogP contribution in [-0.4, -0.2) is 30.6 Å². The summed E-state index contributed by atoms with van der Waals surface area (Å²) >= 11 is 1.46. The molecular weight excluding hydrogens is 402 g/mol. The molecule has 30 heavy (non-hydrogen) atoms. The molecule has 0 fully saturated rings. The molecule has 0 saturated heterocycles. The van der Waals surface area contributed by atoms with Gasteiger partial charge in [-0.3, -0.25) is 4.79 Å². The normalized spacial score (nSPS) is 11.3. The summed E-state index contributed by atoms with van der Waals surface area (Å²) in [5, 5.41) is 10.8. The minimum absolute atomic E-state index is 0.0255. The molecule has 148 valence electrons. The molecule has 5 aromatic rings. The number of nitrogen functional groups attached to an aromatic ring is 1. The molecule has 9 heteroatoms. The number of nitrogens with two attached hydrogens (primary N) is 1. The van der Waals surface area contributed by atoms with Crippen LogP contribution in [-0.2, 0) is 6.54 Å². The SMILES string of the molecule is Nc1cc(Cn2c(C(=O)O)c(-c3ccc[nH]c3=O)c3c4ncsc4ccc32)ccn1. The van der Waals surface area contributed by atoms with Gasteiger partial charge in [0.15, 0.2) is 0 Å². The molecule has 8 nitrogen and oxygen atoms in total. The number of carboxylic acids is 1. The van der Waals surface area contributed by atoms with Crippen molar-refractivity contribution in [3.63, 3.8) is 0 Å². The molecule has 0 aliphatic carbocycles. The van der Waals surface area contributed by atoms with Crippen LogP contribution >= 0.6 is 11.3 Å². The average Bonchev–Trinajstić information content (AvgIpc) is 3.31. The van der Waals surface area contributed by atoms with Crippen molar-refractivity contribution in [3.8, 4) is 11.1 Å². The molecule has 0 spiro atoms. The van der Waals surface area contributed by atoms with Crippen molar-refractivity contribution in [1.29, 1.82) is 0 Å². The van der Waals surface area contributed by atoms with E-state index in [2.05, 4.69) is 15.0 Å². The van der Waals surface area contributed by atoms with E-state index >= 15 is 0 Å². The number of pyridine rings is 2. The smallest absolute Gasteiger partial charge is 0.353 e.